The highest BCUT2D eigenvalue weighted by molar-refractivity contribution is 9.10. The highest BCUT2D eigenvalue weighted by Crippen LogP contribution is 2.28. The van der Waals surface area contributed by atoms with E-state index in [0.29, 0.717) is 28.8 Å². The van der Waals surface area contributed by atoms with Crippen LogP contribution in [0.4, 0.5) is 5.69 Å². The van der Waals surface area contributed by atoms with E-state index in [1.54, 1.807) is 35.1 Å². The second-order valence-electron chi connectivity index (χ2n) is 5.12. The zero-order valence-electron chi connectivity index (χ0n) is 13.4. The van der Waals surface area contributed by atoms with Gasteiger partial charge in [0.15, 0.2) is 5.69 Å². The topological polar surface area (TPSA) is 56.1 Å². The molecule has 0 radical (unpaired) electrons. The number of carbonyl (C=O) groups excluding carboxylic acids is 1. The maximum Gasteiger partial charge on any atom is 0.276 e. The monoisotopic (exact) mass is 419 g/mol. The number of para-hydroxylation sites is 1. The largest absolute Gasteiger partial charge is 0.492 e. The van der Waals surface area contributed by atoms with Crippen molar-refractivity contribution in [3.05, 3.63) is 69.9 Å². The molecular formula is C18H15BrClN3O2. The van der Waals surface area contributed by atoms with Gasteiger partial charge in [0.1, 0.15) is 5.75 Å². The fourth-order valence-corrected chi connectivity index (χ4v) is 2.87. The number of aromatic nitrogens is 2. The molecule has 0 saturated carbocycles. The predicted molar refractivity (Wildman–Crippen MR) is 102 cm³/mol. The molecule has 2 aromatic carbocycles. The van der Waals surface area contributed by atoms with E-state index >= 15 is 0 Å². The first-order chi connectivity index (χ1) is 12.1. The van der Waals surface area contributed by atoms with Crippen LogP contribution in [-0.4, -0.2) is 22.3 Å². The van der Waals surface area contributed by atoms with Crippen molar-refractivity contribution in [2.45, 2.75) is 6.92 Å². The summed E-state index contributed by atoms with van der Waals surface area (Å²) in [6.07, 6.45) is 1.69. The van der Waals surface area contributed by atoms with E-state index in [1.165, 1.54) is 0 Å². The summed E-state index contributed by atoms with van der Waals surface area (Å²) < 4.78 is 7.95. The number of rotatable bonds is 5. The van der Waals surface area contributed by atoms with Crippen LogP contribution in [0.15, 0.2) is 59.2 Å². The van der Waals surface area contributed by atoms with Crippen molar-refractivity contribution in [2.24, 2.45) is 0 Å². The molecule has 1 N–H and O–H groups in total. The van der Waals surface area contributed by atoms with Gasteiger partial charge in [-0.05, 0) is 43.3 Å². The lowest BCUT2D eigenvalue weighted by molar-refractivity contribution is 0.102. The molecule has 7 heteroatoms. The van der Waals surface area contributed by atoms with Gasteiger partial charge in [-0.15, -0.1) is 0 Å². The first-order valence-electron chi connectivity index (χ1n) is 7.62. The minimum absolute atomic E-state index is 0.280. The van der Waals surface area contributed by atoms with Crippen molar-refractivity contribution in [2.75, 3.05) is 11.9 Å². The van der Waals surface area contributed by atoms with E-state index in [9.17, 15) is 4.79 Å². The quantitative estimate of drug-likeness (QED) is 0.636. The molecule has 3 rings (SSSR count). The first kappa shape index (κ1) is 17.5. The van der Waals surface area contributed by atoms with E-state index in [4.69, 9.17) is 16.3 Å². The molecule has 0 saturated heterocycles. The molecule has 1 heterocycles. The predicted octanol–water partition coefficient (Wildman–Crippen LogP) is 4.94. The third-order valence-corrected chi connectivity index (χ3v) is 4.22. The van der Waals surface area contributed by atoms with Gasteiger partial charge in [-0.3, -0.25) is 4.79 Å². The Labute approximate surface area is 158 Å². The third-order valence-electron chi connectivity index (χ3n) is 3.41. The summed E-state index contributed by atoms with van der Waals surface area (Å²) in [6.45, 7) is 2.39. The SMILES string of the molecule is CCOc1ccc(Br)cc1NC(=O)c1ccn(-c2ccccc2Cl)n1. The number of carbonyl (C=O) groups is 1. The number of hydrogen-bond donors (Lipinski definition) is 1. The number of halogens is 2. The van der Waals surface area contributed by atoms with Gasteiger partial charge in [0.05, 0.1) is 23.0 Å². The van der Waals surface area contributed by atoms with Crippen molar-refractivity contribution in [3.8, 4) is 11.4 Å². The molecule has 5 nitrogen and oxygen atoms in total. The van der Waals surface area contributed by atoms with Crippen LogP contribution >= 0.6 is 27.5 Å². The Morgan fingerprint density at radius 3 is 2.84 bits per heavy atom. The Balaban J connectivity index is 1.84. The fraction of sp³-hybridized carbons (Fsp3) is 0.111. The molecule has 0 atom stereocenters. The number of ether oxygens (including phenoxy) is 1. The first-order valence-corrected chi connectivity index (χ1v) is 8.80. The average Bonchev–Trinajstić information content (AvgIpc) is 3.08. The standard InChI is InChI=1S/C18H15BrClN3O2/c1-2-25-17-8-7-12(19)11-15(17)21-18(24)14-9-10-23(22-14)16-6-4-3-5-13(16)20/h3-11H,2H2,1H3,(H,21,24). The summed E-state index contributed by atoms with van der Waals surface area (Å²) in [6, 6.07) is 14.4. The minimum Gasteiger partial charge on any atom is -0.492 e. The number of amides is 1. The lowest BCUT2D eigenvalue weighted by Crippen LogP contribution is -2.14. The van der Waals surface area contributed by atoms with Gasteiger partial charge in [-0.25, -0.2) is 4.68 Å². The third kappa shape index (κ3) is 4.03. The molecule has 128 valence electrons. The Morgan fingerprint density at radius 1 is 1.28 bits per heavy atom. The van der Waals surface area contributed by atoms with E-state index in [0.717, 1.165) is 4.47 Å². The number of hydrogen-bond acceptors (Lipinski definition) is 3. The van der Waals surface area contributed by atoms with E-state index in [-0.39, 0.29) is 11.6 Å². The van der Waals surface area contributed by atoms with Gasteiger partial charge in [-0.1, -0.05) is 39.7 Å². The minimum atomic E-state index is -0.329. The van der Waals surface area contributed by atoms with Gasteiger partial charge < -0.3 is 10.1 Å². The maximum atomic E-state index is 12.5. The second kappa shape index (κ2) is 7.72. The summed E-state index contributed by atoms with van der Waals surface area (Å²) in [7, 11) is 0. The molecule has 0 spiro atoms. The van der Waals surface area contributed by atoms with Crippen molar-refractivity contribution < 1.29 is 9.53 Å². The van der Waals surface area contributed by atoms with Gasteiger partial charge >= 0.3 is 0 Å². The lowest BCUT2D eigenvalue weighted by atomic mass is 10.3. The maximum absolute atomic E-state index is 12.5. The van der Waals surface area contributed by atoms with Crippen LogP contribution in [0.25, 0.3) is 5.69 Å². The fourth-order valence-electron chi connectivity index (χ4n) is 2.28. The Morgan fingerprint density at radius 2 is 2.08 bits per heavy atom. The van der Waals surface area contributed by atoms with Crippen LogP contribution in [-0.2, 0) is 0 Å². The molecule has 0 fully saturated rings. The van der Waals surface area contributed by atoms with Crippen molar-refractivity contribution in [1.29, 1.82) is 0 Å². The molecule has 0 bridgehead atoms. The Bertz CT molecular complexity index is 911. The summed E-state index contributed by atoms with van der Waals surface area (Å²) in [4.78, 5) is 12.5. The van der Waals surface area contributed by atoms with Crippen LogP contribution in [0.3, 0.4) is 0 Å². The summed E-state index contributed by atoms with van der Waals surface area (Å²) in [5, 5.41) is 7.69. The van der Waals surface area contributed by atoms with Crippen LogP contribution in [0, 0.1) is 0 Å². The molecule has 3 aromatic rings. The van der Waals surface area contributed by atoms with Crippen molar-refractivity contribution >= 4 is 39.1 Å². The molecule has 0 aliphatic heterocycles. The summed E-state index contributed by atoms with van der Waals surface area (Å²) >= 11 is 9.56. The second-order valence-corrected chi connectivity index (χ2v) is 6.45. The summed E-state index contributed by atoms with van der Waals surface area (Å²) in [5.74, 6) is 0.273. The van der Waals surface area contributed by atoms with Gasteiger partial charge in [-0.2, -0.15) is 5.10 Å². The highest BCUT2D eigenvalue weighted by atomic mass is 79.9. The molecular weight excluding hydrogens is 406 g/mol. The van der Waals surface area contributed by atoms with Crippen LogP contribution in [0.1, 0.15) is 17.4 Å². The molecule has 0 unspecified atom stereocenters. The molecule has 0 aliphatic rings. The number of nitrogens with zero attached hydrogens (tertiary/aromatic N) is 2. The van der Waals surface area contributed by atoms with E-state index < -0.39 is 0 Å². The Hall–Kier alpha value is -2.31. The normalized spacial score (nSPS) is 10.5. The number of anilines is 1. The van der Waals surface area contributed by atoms with Crippen molar-refractivity contribution in [3.63, 3.8) is 0 Å². The van der Waals surface area contributed by atoms with E-state index in [1.807, 2.05) is 31.2 Å². The highest BCUT2D eigenvalue weighted by Gasteiger charge is 2.14. The number of nitrogens with one attached hydrogen (secondary N) is 1. The zero-order chi connectivity index (χ0) is 17.8. The van der Waals surface area contributed by atoms with Crippen LogP contribution in [0.5, 0.6) is 5.75 Å². The summed E-state index contributed by atoms with van der Waals surface area (Å²) in [5.41, 5.74) is 1.57. The molecule has 1 aromatic heterocycles. The van der Waals surface area contributed by atoms with E-state index in [2.05, 4.69) is 26.3 Å². The smallest absolute Gasteiger partial charge is 0.276 e. The van der Waals surface area contributed by atoms with Crippen molar-refractivity contribution in [1.82, 2.24) is 9.78 Å². The lowest BCUT2D eigenvalue weighted by Gasteiger charge is -2.11. The van der Waals surface area contributed by atoms with Gasteiger partial charge in [0, 0.05) is 10.7 Å². The zero-order valence-corrected chi connectivity index (χ0v) is 15.7. The Kier molecular flexibility index (Phi) is 5.40. The van der Waals surface area contributed by atoms with Gasteiger partial charge in [0.2, 0.25) is 0 Å². The van der Waals surface area contributed by atoms with Gasteiger partial charge in [0.25, 0.3) is 5.91 Å². The molecule has 25 heavy (non-hydrogen) atoms. The molecule has 1 amide bonds. The number of benzene rings is 2. The van der Waals surface area contributed by atoms with Crippen LogP contribution in [0.2, 0.25) is 5.02 Å². The average molecular weight is 421 g/mol. The van der Waals surface area contributed by atoms with Crippen LogP contribution < -0.4 is 10.1 Å². The molecule has 0 aliphatic carbocycles.